The van der Waals surface area contributed by atoms with Gasteiger partial charge >= 0.3 is 0 Å². The second-order valence-corrected chi connectivity index (χ2v) is 6.88. The first-order chi connectivity index (χ1) is 12.2. The van der Waals surface area contributed by atoms with Crippen molar-refractivity contribution in [3.63, 3.8) is 0 Å². The average molecular weight is 340 g/mol. The Morgan fingerprint density at radius 3 is 2.80 bits per heavy atom. The van der Waals surface area contributed by atoms with Crippen LogP contribution >= 0.6 is 0 Å². The number of aromatic nitrogens is 2. The molecule has 0 saturated carbocycles. The first kappa shape index (κ1) is 16.1. The molecule has 1 amide bonds. The van der Waals surface area contributed by atoms with Crippen LogP contribution in [0.2, 0.25) is 0 Å². The average Bonchev–Trinajstić information content (AvgIpc) is 3.06. The van der Waals surface area contributed by atoms with Gasteiger partial charge in [0.05, 0.1) is 12.5 Å². The minimum Gasteiger partial charge on any atom is -0.492 e. The molecule has 6 heteroatoms. The minimum atomic E-state index is -0.0593. The predicted molar refractivity (Wildman–Crippen MR) is 94.2 cm³/mol. The molecule has 132 valence electrons. The van der Waals surface area contributed by atoms with Crippen molar-refractivity contribution in [3.8, 4) is 5.75 Å². The number of fused-ring (bicyclic) bond motifs is 1. The summed E-state index contributed by atoms with van der Waals surface area (Å²) in [5.41, 5.74) is 1.14. The Morgan fingerprint density at radius 2 is 2.04 bits per heavy atom. The first-order valence-electron chi connectivity index (χ1n) is 8.89. The summed E-state index contributed by atoms with van der Waals surface area (Å²) in [6.45, 7) is 4.67. The number of amides is 1. The Hall–Kier alpha value is -2.34. The number of rotatable bonds is 3. The Bertz CT molecular complexity index is 749. The molecule has 1 saturated heterocycles. The lowest BCUT2D eigenvalue weighted by Gasteiger charge is -2.37. The van der Waals surface area contributed by atoms with Crippen molar-refractivity contribution in [2.45, 2.75) is 13.0 Å². The zero-order chi connectivity index (χ0) is 17.2. The molecule has 25 heavy (non-hydrogen) atoms. The predicted octanol–water partition coefficient (Wildman–Crippen LogP) is 1.32. The molecule has 0 spiro atoms. The zero-order valence-corrected chi connectivity index (χ0v) is 14.6. The lowest BCUT2D eigenvalue weighted by Crippen LogP contribution is -2.51. The van der Waals surface area contributed by atoms with Gasteiger partial charge in [-0.3, -0.25) is 9.69 Å². The summed E-state index contributed by atoms with van der Waals surface area (Å²) in [6, 6.07) is 8.01. The number of benzene rings is 1. The smallest absolute Gasteiger partial charge is 0.229 e. The molecule has 0 aliphatic carbocycles. The lowest BCUT2D eigenvalue weighted by atomic mass is 9.95. The number of imidazole rings is 1. The fraction of sp³-hybridized carbons (Fsp3) is 0.474. The number of carbonyl (C=O) groups excluding carboxylic acids is 1. The van der Waals surface area contributed by atoms with E-state index in [1.165, 1.54) is 0 Å². The molecular formula is C19H24N4O2. The summed E-state index contributed by atoms with van der Waals surface area (Å²) in [5, 5.41) is 0. The van der Waals surface area contributed by atoms with Crippen LogP contribution in [0, 0.1) is 5.92 Å². The lowest BCUT2D eigenvalue weighted by molar-refractivity contribution is -0.138. The van der Waals surface area contributed by atoms with Crippen LogP contribution in [-0.4, -0.2) is 58.0 Å². The number of hydrogen-bond acceptors (Lipinski definition) is 4. The summed E-state index contributed by atoms with van der Waals surface area (Å²) < 4.78 is 7.83. The van der Waals surface area contributed by atoms with Gasteiger partial charge in [-0.25, -0.2) is 4.98 Å². The van der Waals surface area contributed by atoms with Crippen molar-refractivity contribution >= 4 is 5.91 Å². The maximum atomic E-state index is 12.9. The van der Waals surface area contributed by atoms with Crippen LogP contribution in [0.3, 0.4) is 0 Å². The monoisotopic (exact) mass is 340 g/mol. The Balaban J connectivity index is 1.32. The summed E-state index contributed by atoms with van der Waals surface area (Å²) in [5.74, 6) is 2.16. The van der Waals surface area contributed by atoms with Gasteiger partial charge in [-0.1, -0.05) is 18.2 Å². The fourth-order valence-corrected chi connectivity index (χ4v) is 3.62. The van der Waals surface area contributed by atoms with Crippen molar-refractivity contribution in [1.29, 1.82) is 0 Å². The zero-order valence-electron chi connectivity index (χ0n) is 14.6. The standard InChI is InChI=1S/C19H24N4O2/c1-21-7-6-20-18(21)13-22-8-10-23(11-9-22)19(24)16-12-15-4-2-3-5-17(15)25-14-16/h2-7,16H,8-14H2,1H3. The van der Waals surface area contributed by atoms with Gasteiger partial charge in [-0.2, -0.15) is 0 Å². The first-order valence-corrected chi connectivity index (χ1v) is 8.89. The number of aryl methyl sites for hydroxylation is 1. The molecule has 1 atom stereocenters. The fourth-order valence-electron chi connectivity index (χ4n) is 3.62. The SMILES string of the molecule is Cn1ccnc1CN1CCN(C(=O)C2COc3ccccc3C2)CC1. The van der Waals surface area contributed by atoms with Gasteiger partial charge in [0.1, 0.15) is 18.2 Å². The molecule has 0 N–H and O–H groups in total. The van der Waals surface area contributed by atoms with Gasteiger partial charge in [0.2, 0.25) is 5.91 Å². The molecule has 1 unspecified atom stereocenters. The number of carbonyl (C=O) groups is 1. The van der Waals surface area contributed by atoms with Crippen LogP contribution in [0.4, 0.5) is 0 Å². The number of para-hydroxylation sites is 1. The number of piperazine rings is 1. The van der Waals surface area contributed by atoms with Crippen molar-refractivity contribution in [1.82, 2.24) is 19.4 Å². The quantitative estimate of drug-likeness (QED) is 0.846. The third-order valence-corrected chi connectivity index (χ3v) is 5.20. The van der Waals surface area contributed by atoms with Crippen LogP contribution < -0.4 is 4.74 Å². The minimum absolute atomic E-state index is 0.0593. The Kier molecular flexibility index (Phi) is 4.44. The highest BCUT2D eigenvalue weighted by Gasteiger charge is 2.31. The summed E-state index contributed by atoms with van der Waals surface area (Å²) in [4.78, 5) is 21.6. The van der Waals surface area contributed by atoms with E-state index in [0.717, 1.165) is 56.3 Å². The van der Waals surface area contributed by atoms with E-state index in [9.17, 15) is 4.79 Å². The molecule has 6 nitrogen and oxygen atoms in total. The molecule has 2 aliphatic rings. The summed E-state index contributed by atoms with van der Waals surface area (Å²) in [7, 11) is 2.02. The third-order valence-electron chi connectivity index (χ3n) is 5.20. The van der Waals surface area contributed by atoms with Gasteiger partial charge in [-0.15, -0.1) is 0 Å². The van der Waals surface area contributed by atoms with Crippen molar-refractivity contribution in [2.75, 3.05) is 32.8 Å². The van der Waals surface area contributed by atoms with Crippen LogP contribution in [0.1, 0.15) is 11.4 Å². The molecule has 3 heterocycles. The normalized spacial score (nSPS) is 20.8. The van der Waals surface area contributed by atoms with E-state index < -0.39 is 0 Å². The van der Waals surface area contributed by atoms with Gasteiger partial charge in [0, 0.05) is 45.6 Å². The Labute approximate surface area is 148 Å². The van der Waals surface area contributed by atoms with E-state index >= 15 is 0 Å². The summed E-state index contributed by atoms with van der Waals surface area (Å²) >= 11 is 0. The molecule has 1 aromatic carbocycles. The Morgan fingerprint density at radius 1 is 1.24 bits per heavy atom. The van der Waals surface area contributed by atoms with Crippen molar-refractivity contribution < 1.29 is 9.53 Å². The maximum Gasteiger partial charge on any atom is 0.229 e. The second-order valence-electron chi connectivity index (χ2n) is 6.88. The van der Waals surface area contributed by atoms with Crippen LogP contribution in [0.15, 0.2) is 36.7 Å². The molecular weight excluding hydrogens is 316 g/mol. The van der Waals surface area contributed by atoms with E-state index in [0.29, 0.717) is 6.61 Å². The van der Waals surface area contributed by atoms with Gasteiger partial charge in [0.15, 0.2) is 0 Å². The number of ether oxygens (including phenoxy) is 1. The highest BCUT2D eigenvalue weighted by molar-refractivity contribution is 5.80. The number of nitrogens with zero attached hydrogens (tertiary/aromatic N) is 4. The van der Waals surface area contributed by atoms with Crippen LogP contribution in [-0.2, 0) is 24.8 Å². The maximum absolute atomic E-state index is 12.9. The van der Waals surface area contributed by atoms with Crippen LogP contribution in [0.25, 0.3) is 0 Å². The highest BCUT2D eigenvalue weighted by Crippen LogP contribution is 2.28. The third kappa shape index (κ3) is 3.39. The molecule has 2 aromatic rings. The molecule has 4 rings (SSSR count). The molecule has 0 bridgehead atoms. The van der Waals surface area contributed by atoms with E-state index in [-0.39, 0.29) is 11.8 Å². The molecule has 2 aliphatic heterocycles. The van der Waals surface area contributed by atoms with Crippen molar-refractivity contribution in [3.05, 3.63) is 48.0 Å². The molecule has 1 fully saturated rings. The van der Waals surface area contributed by atoms with Crippen LogP contribution in [0.5, 0.6) is 5.75 Å². The van der Waals surface area contributed by atoms with Crippen molar-refractivity contribution in [2.24, 2.45) is 13.0 Å². The van der Waals surface area contributed by atoms with Gasteiger partial charge in [-0.05, 0) is 18.1 Å². The van der Waals surface area contributed by atoms with E-state index in [1.807, 2.05) is 47.1 Å². The molecule has 0 radical (unpaired) electrons. The van der Waals surface area contributed by atoms with Gasteiger partial charge in [0.25, 0.3) is 0 Å². The largest absolute Gasteiger partial charge is 0.492 e. The van der Waals surface area contributed by atoms with E-state index in [4.69, 9.17) is 4.74 Å². The van der Waals surface area contributed by atoms with E-state index in [1.54, 1.807) is 0 Å². The van der Waals surface area contributed by atoms with Gasteiger partial charge < -0.3 is 14.2 Å². The van der Waals surface area contributed by atoms with E-state index in [2.05, 4.69) is 16.0 Å². The second kappa shape index (κ2) is 6.88. The number of hydrogen-bond donors (Lipinski definition) is 0. The molecule has 1 aromatic heterocycles. The highest BCUT2D eigenvalue weighted by atomic mass is 16.5. The summed E-state index contributed by atoms with van der Waals surface area (Å²) in [6.07, 6.45) is 4.58. The topological polar surface area (TPSA) is 50.6 Å².